The minimum Gasteiger partial charge on any atom is -0.398 e. The zero-order chi connectivity index (χ0) is 17.0. The van der Waals surface area contributed by atoms with E-state index in [2.05, 4.69) is 0 Å². The molecule has 1 aliphatic rings. The third kappa shape index (κ3) is 2.09. The van der Waals surface area contributed by atoms with Gasteiger partial charge in [-0.2, -0.15) is 13.2 Å². The number of fused-ring (bicyclic) bond motifs is 1. The number of carbonyl (C=O) groups is 1. The van der Waals surface area contributed by atoms with Crippen LogP contribution in [0.1, 0.15) is 23.6 Å². The van der Waals surface area contributed by atoms with Gasteiger partial charge in [-0.25, -0.2) is 0 Å². The molecule has 3 nitrogen and oxygen atoms in total. The molecular formula is C17H15F3N2O. The summed E-state index contributed by atoms with van der Waals surface area (Å²) in [6, 6.07) is 10.4. The van der Waals surface area contributed by atoms with Crippen molar-refractivity contribution in [1.82, 2.24) is 0 Å². The second kappa shape index (κ2) is 4.75. The first-order valence-electron chi connectivity index (χ1n) is 7.02. The van der Waals surface area contributed by atoms with Gasteiger partial charge in [0.05, 0.1) is 5.56 Å². The van der Waals surface area contributed by atoms with Crippen LogP contribution >= 0.6 is 0 Å². The van der Waals surface area contributed by atoms with Crippen LogP contribution in [-0.2, 0) is 16.4 Å². The average molecular weight is 320 g/mol. The largest absolute Gasteiger partial charge is 0.416 e. The van der Waals surface area contributed by atoms with Crippen molar-refractivity contribution >= 4 is 17.3 Å². The topological polar surface area (TPSA) is 46.3 Å². The predicted molar refractivity (Wildman–Crippen MR) is 82.2 cm³/mol. The number of anilines is 2. The number of likely N-dealkylation sites (N-methyl/N-ethyl adjacent to an activating group) is 1. The van der Waals surface area contributed by atoms with E-state index in [4.69, 9.17) is 5.73 Å². The monoisotopic (exact) mass is 320 g/mol. The molecule has 1 unspecified atom stereocenters. The van der Waals surface area contributed by atoms with Crippen molar-refractivity contribution in [1.29, 1.82) is 0 Å². The van der Waals surface area contributed by atoms with Crippen LogP contribution in [0.25, 0.3) is 0 Å². The first kappa shape index (κ1) is 15.4. The van der Waals surface area contributed by atoms with Gasteiger partial charge in [0.25, 0.3) is 0 Å². The lowest BCUT2D eigenvalue weighted by Crippen LogP contribution is -2.37. The zero-order valence-corrected chi connectivity index (χ0v) is 12.6. The molecule has 1 heterocycles. The molecule has 0 radical (unpaired) electrons. The Morgan fingerprint density at radius 1 is 1.09 bits per heavy atom. The lowest BCUT2D eigenvalue weighted by Gasteiger charge is -2.26. The van der Waals surface area contributed by atoms with E-state index >= 15 is 0 Å². The lowest BCUT2D eigenvalue weighted by molar-refractivity contribution is -0.137. The molecule has 6 heteroatoms. The normalized spacial score (nSPS) is 20.7. The maximum atomic E-state index is 12.8. The Bertz CT molecular complexity index is 801. The molecule has 1 aliphatic heterocycles. The standard InChI is InChI=1S/C17H15F3N2O/c1-16(11-8-7-10(9-13(11)21)17(18,19)20)12-5-3-4-6-14(12)22(2)15(16)23/h3-9H,21H2,1-2H3. The summed E-state index contributed by atoms with van der Waals surface area (Å²) in [6.45, 7) is 1.69. The van der Waals surface area contributed by atoms with E-state index in [0.717, 1.165) is 23.4 Å². The fourth-order valence-corrected chi connectivity index (χ4v) is 3.20. The van der Waals surface area contributed by atoms with E-state index in [0.29, 0.717) is 5.56 Å². The van der Waals surface area contributed by atoms with E-state index in [-0.39, 0.29) is 11.6 Å². The molecule has 120 valence electrons. The highest BCUT2D eigenvalue weighted by Gasteiger charge is 2.48. The molecule has 1 atom stereocenters. The van der Waals surface area contributed by atoms with Crippen molar-refractivity contribution in [2.75, 3.05) is 17.7 Å². The molecule has 3 rings (SSSR count). The predicted octanol–water partition coefficient (Wildman–Crippen LogP) is 3.57. The first-order chi connectivity index (χ1) is 10.7. The van der Waals surface area contributed by atoms with Crippen molar-refractivity contribution in [2.24, 2.45) is 0 Å². The van der Waals surface area contributed by atoms with Gasteiger partial charge in [0, 0.05) is 18.4 Å². The van der Waals surface area contributed by atoms with Gasteiger partial charge in [0.1, 0.15) is 5.41 Å². The molecule has 0 aromatic heterocycles. The molecule has 0 saturated carbocycles. The second-order valence-corrected chi connectivity index (χ2v) is 5.81. The van der Waals surface area contributed by atoms with Gasteiger partial charge in [-0.3, -0.25) is 4.79 Å². The van der Waals surface area contributed by atoms with E-state index in [1.54, 1.807) is 32.2 Å². The highest BCUT2D eigenvalue weighted by molar-refractivity contribution is 6.10. The van der Waals surface area contributed by atoms with Crippen LogP contribution in [0.2, 0.25) is 0 Å². The highest BCUT2D eigenvalue weighted by Crippen LogP contribution is 2.47. The van der Waals surface area contributed by atoms with Crippen molar-refractivity contribution in [3.63, 3.8) is 0 Å². The van der Waals surface area contributed by atoms with Gasteiger partial charge in [-0.1, -0.05) is 24.3 Å². The summed E-state index contributed by atoms with van der Waals surface area (Å²) in [5.41, 5.74) is 5.77. The number of carbonyl (C=O) groups excluding carboxylic acids is 1. The number of halogens is 3. The Labute approximate surface area is 131 Å². The number of amides is 1. The number of benzene rings is 2. The highest BCUT2D eigenvalue weighted by atomic mass is 19.4. The molecule has 0 bridgehead atoms. The quantitative estimate of drug-likeness (QED) is 0.817. The number of para-hydroxylation sites is 1. The Hall–Kier alpha value is -2.50. The summed E-state index contributed by atoms with van der Waals surface area (Å²) in [4.78, 5) is 14.3. The van der Waals surface area contributed by atoms with E-state index < -0.39 is 17.2 Å². The number of nitrogen functional groups attached to an aromatic ring is 1. The summed E-state index contributed by atoms with van der Waals surface area (Å²) in [7, 11) is 1.65. The van der Waals surface area contributed by atoms with Crippen molar-refractivity contribution in [3.05, 3.63) is 59.2 Å². The Balaban J connectivity index is 2.20. The molecule has 23 heavy (non-hydrogen) atoms. The number of hydrogen-bond acceptors (Lipinski definition) is 2. The molecular weight excluding hydrogens is 305 g/mol. The van der Waals surface area contributed by atoms with Crippen LogP contribution in [0.4, 0.5) is 24.5 Å². The van der Waals surface area contributed by atoms with Crippen LogP contribution in [0.3, 0.4) is 0 Å². The van der Waals surface area contributed by atoms with Crippen LogP contribution in [0.5, 0.6) is 0 Å². The van der Waals surface area contributed by atoms with Crippen LogP contribution in [0, 0.1) is 0 Å². The Kier molecular flexibility index (Phi) is 3.18. The molecule has 0 saturated heterocycles. The number of nitrogens with zero attached hydrogens (tertiary/aromatic N) is 1. The minimum absolute atomic E-state index is 0.0409. The van der Waals surface area contributed by atoms with Crippen LogP contribution in [-0.4, -0.2) is 13.0 Å². The van der Waals surface area contributed by atoms with Gasteiger partial charge in [-0.15, -0.1) is 0 Å². The van der Waals surface area contributed by atoms with Gasteiger partial charge in [0.2, 0.25) is 5.91 Å². The summed E-state index contributed by atoms with van der Waals surface area (Å²) in [5, 5.41) is 0. The Morgan fingerprint density at radius 2 is 1.74 bits per heavy atom. The lowest BCUT2D eigenvalue weighted by atomic mass is 9.76. The second-order valence-electron chi connectivity index (χ2n) is 5.81. The smallest absolute Gasteiger partial charge is 0.398 e. The molecule has 0 fully saturated rings. The van der Waals surface area contributed by atoms with E-state index in [1.165, 1.54) is 11.0 Å². The van der Waals surface area contributed by atoms with E-state index in [9.17, 15) is 18.0 Å². The van der Waals surface area contributed by atoms with E-state index in [1.807, 2.05) is 6.07 Å². The number of alkyl halides is 3. The summed E-state index contributed by atoms with van der Waals surface area (Å²) in [6.07, 6.45) is -4.47. The zero-order valence-electron chi connectivity index (χ0n) is 12.6. The summed E-state index contributed by atoms with van der Waals surface area (Å²) < 4.78 is 38.5. The SMILES string of the molecule is CN1C(=O)C(C)(c2ccc(C(F)(F)F)cc2N)c2ccccc21. The number of hydrogen-bond donors (Lipinski definition) is 1. The Morgan fingerprint density at radius 3 is 2.35 bits per heavy atom. The van der Waals surface area contributed by atoms with Crippen LogP contribution < -0.4 is 10.6 Å². The third-order valence-electron chi connectivity index (χ3n) is 4.45. The minimum atomic E-state index is -4.47. The van der Waals surface area contributed by atoms with Crippen LogP contribution in [0.15, 0.2) is 42.5 Å². The average Bonchev–Trinajstić information content (AvgIpc) is 2.69. The van der Waals surface area contributed by atoms with Crippen molar-refractivity contribution in [2.45, 2.75) is 18.5 Å². The van der Waals surface area contributed by atoms with Gasteiger partial charge >= 0.3 is 6.18 Å². The third-order valence-corrected chi connectivity index (χ3v) is 4.45. The first-order valence-corrected chi connectivity index (χ1v) is 7.02. The maximum absolute atomic E-state index is 12.8. The van der Waals surface area contributed by atoms with Gasteiger partial charge in [-0.05, 0) is 36.2 Å². The summed E-state index contributed by atoms with van der Waals surface area (Å²) in [5.74, 6) is -0.217. The fraction of sp³-hybridized carbons (Fsp3) is 0.235. The van der Waals surface area contributed by atoms with Gasteiger partial charge in [0.15, 0.2) is 0 Å². The number of nitrogens with two attached hydrogens (primary N) is 1. The van der Waals surface area contributed by atoms with Crippen molar-refractivity contribution < 1.29 is 18.0 Å². The molecule has 2 aromatic rings. The molecule has 2 aromatic carbocycles. The number of rotatable bonds is 1. The van der Waals surface area contributed by atoms with Gasteiger partial charge < -0.3 is 10.6 Å². The summed E-state index contributed by atoms with van der Waals surface area (Å²) >= 11 is 0. The maximum Gasteiger partial charge on any atom is 0.416 e. The molecule has 0 aliphatic carbocycles. The van der Waals surface area contributed by atoms with Crippen molar-refractivity contribution in [3.8, 4) is 0 Å². The fourth-order valence-electron chi connectivity index (χ4n) is 3.20. The molecule has 2 N–H and O–H groups in total. The molecule has 0 spiro atoms. The molecule has 1 amide bonds.